The van der Waals surface area contributed by atoms with Crippen LogP contribution in [0.1, 0.15) is 47.7 Å². The lowest BCUT2D eigenvalue weighted by Gasteiger charge is -2.30. The quantitative estimate of drug-likeness (QED) is 0.912. The first kappa shape index (κ1) is 15.0. The van der Waals surface area contributed by atoms with E-state index in [1.165, 1.54) is 13.0 Å². The number of hydrogen-bond acceptors (Lipinski definition) is 3. The van der Waals surface area contributed by atoms with E-state index >= 15 is 0 Å². The topological polar surface area (TPSA) is 49.4 Å². The normalized spacial score (nSPS) is 21.0. The first-order valence-electron chi connectivity index (χ1n) is 7.87. The van der Waals surface area contributed by atoms with Gasteiger partial charge in [0.25, 0.3) is 0 Å². The second-order valence-corrected chi connectivity index (χ2v) is 6.21. The average molecular weight is 304 g/mol. The average Bonchev–Trinajstić information content (AvgIpc) is 2.99. The fraction of sp³-hybridized carbons (Fsp3) is 0.529. The fourth-order valence-corrected chi connectivity index (χ4v) is 3.56. The van der Waals surface area contributed by atoms with Crippen LogP contribution < -0.4 is 10.2 Å². The maximum atomic E-state index is 14.2. The zero-order valence-corrected chi connectivity index (χ0v) is 13.0. The number of benzene rings is 1. The molecule has 2 aliphatic rings. The van der Waals surface area contributed by atoms with Crippen LogP contribution in [0, 0.1) is 12.7 Å². The van der Waals surface area contributed by atoms with E-state index in [4.69, 9.17) is 0 Å². The molecule has 1 aromatic rings. The number of ketones is 1. The number of carbonyl (C=O) groups is 2. The number of halogens is 1. The Morgan fingerprint density at radius 2 is 2.05 bits per heavy atom. The molecule has 0 aromatic heterocycles. The molecule has 0 bridgehead atoms. The number of nitrogens with zero attached hydrogens (tertiary/aromatic N) is 1. The molecule has 1 aliphatic heterocycles. The van der Waals surface area contributed by atoms with Crippen molar-refractivity contribution in [2.75, 3.05) is 18.0 Å². The summed E-state index contributed by atoms with van der Waals surface area (Å²) in [6.45, 7) is 4.86. The monoisotopic (exact) mass is 304 g/mol. The van der Waals surface area contributed by atoms with Crippen LogP contribution in [0.5, 0.6) is 0 Å². The molecule has 1 aromatic carbocycles. The first-order valence-corrected chi connectivity index (χ1v) is 7.87. The van der Waals surface area contributed by atoms with Crippen LogP contribution in [0.4, 0.5) is 10.1 Å². The number of rotatable bonds is 2. The molecule has 1 unspecified atom stereocenters. The predicted molar refractivity (Wildman–Crippen MR) is 82.8 cm³/mol. The Morgan fingerprint density at radius 3 is 2.68 bits per heavy atom. The summed E-state index contributed by atoms with van der Waals surface area (Å²) in [5.74, 6) is -0.531. The van der Waals surface area contributed by atoms with Crippen LogP contribution in [-0.4, -0.2) is 30.8 Å². The molecule has 5 heteroatoms. The van der Waals surface area contributed by atoms with Crippen LogP contribution in [0.25, 0.3) is 0 Å². The predicted octanol–water partition coefficient (Wildman–Crippen LogP) is 2.37. The smallest absolute Gasteiger partial charge is 0.217 e. The molecule has 1 N–H and O–H groups in total. The zero-order chi connectivity index (χ0) is 15.9. The second-order valence-electron chi connectivity index (χ2n) is 6.21. The van der Waals surface area contributed by atoms with Gasteiger partial charge in [-0.3, -0.25) is 9.59 Å². The minimum Gasteiger partial charge on any atom is -0.371 e. The molecule has 1 aliphatic carbocycles. The number of fused-ring (bicyclic) bond motifs is 1. The first-order chi connectivity index (χ1) is 10.5. The van der Waals surface area contributed by atoms with Gasteiger partial charge >= 0.3 is 0 Å². The Labute approximate surface area is 129 Å². The Hall–Kier alpha value is -1.91. The summed E-state index contributed by atoms with van der Waals surface area (Å²) in [7, 11) is 0. The van der Waals surface area contributed by atoms with Crippen molar-refractivity contribution in [2.45, 2.75) is 45.6 Å². The number of anilines is 1. The molecule has 22 heavy (non-hydrogen) atoms. The van der Waals surface area contributed by atoms with Crippen molar-refractivity contribution >= 4 is 17.4 Å². The van der Waals surface area contributed by atoms with Crippen LogP contribution in [-0.2, 0) is 11.2 Å². The standard InChI is InChI=1S/C17H21FN2O2/c1-10-12-5-6-14(19-11(2)21)17(22)16(12)15(9-13(10)18)20-7-3-4-8-20/h9,14H,3-8H2,1-2H3,(H,19,21). The lowest BCUT2D eigenvalue weighted by atomic mass is 9.83. The van der Waals surface area contributed by atoms with E-state index in [1.54, 1.807) is 6.92 Å². The lowest BCUT2D eigenvalue weighted by Crippen LogP contribution is -2.43. The van der Waals surface area contributed by atoms with E-state index in [-0.39, 0.29) is 17.5 Å². The molecule has 1 heterocycles. The van der Waals surface area contributed by atoms with Gasteiger partial charge in [0.15, 0.2) is 5.78 Å². The van der Waals surface area contributed by atoms with E-state index in [1.807, 2.05) is 0 Å². The molecule has 0 spiro atoms. The molecular weight excluding hydrogens is 283 g/mol. The molecule has 4 nitrogen and oxygen atoms in total. The summed E-state index contributed by atoms with van der Waals surface area (Å²) in [6.07, 6.45) is 3.28. The molecule has 1 amide bonds. The van der Waals surface area contributed by atoms with Crippen LogP contribution in [0.15, 0.2) is 6.07 Å². The van der Waals surface area contributed by atoms with E-state index in [9.17, 15) is 14.0 Å². The van der Waals surface area contributed by atoms with Crippen molar-refractivity contribution in [3.63, 3.8) is 0 Å². The van der Waals surface area contributed by atoms with Crippen molar-refractivity contribution < 1.29 is 14.0 Å². The number of Topliss-reactive ketones (excluding diaryl/α,β-unsaturated/α-hetero) is 1. The molecule has 1 saturated heterocycles. The third-order valence-corrected chi connectivity index (χ3v) is 4.70. The summed E-state index contributed by atoms with van der Waals surface area (Å²) >= 11 is 0. The summed E-state index contributed by atoms with van der Waals surface area (Å²) in [6, 6.07) is 1.00. The summed E-state index contributed by atoms with van der Waals surface area (Å²) in [5, 5.41) is 2.72. The van der Waals surface area contributed by atoms with Gasteiger partial charge in [0.2, 0.25) is 5.91 Å². The van der Waals surface area contributed by atoms with Crippen molar-refractivity contribution in [2.24, 2.45) is 0 Å². The largest absolute Gasteiger partial charge is 0.371 e. The molecule has 118 valence electrons. The zero-order valence-electron chi connectivity index (χ0n) is 13.0. The maximum absolute atomic E-state index is 14.2. The summed E-state index contributed by atoms with van der Waals surface area (Å²) < 4.78 is 14.2. The van der Waals surface area contributed by atoms with Crippen molar-refractivity contribution in [3.05, 3.63) is 28.6 Å². The van der Waals surface area contributed by atoms with Gasteiger partial charge in [-0.05, 0) is 49.8 Å². The van der Waals surface area contributed by atoms with Crippen molar-refractivity contribution in [3.8, 4) is 0 Å². The molecule has 1 atom stereocenters. The van der Waals surface area contributed by atoms with Gasteiger partial charge in [-0.15, -0.1) is 0 Å². The minimum absolute atomic E-state index is 0.0820. The number of carbonyl (C=O) groups excluding carboxylic acids is 2. The van der Waals surface area contributed by atoms with E-state index in [2.05, 4.69) is 10.2 Å². The van der Waals surface area contributed by atoms with E-state index in [0.717, 1.165) is 31.5 Å². The maximum Gasteiger partial charge on any atom is 0.217 e. The molecule has 1 fully saturated rings. The minimum atomic E-state index is -0.490. The van der Waals surface area contributed by atoms with Gasteiger partial charge in [-0.1, -0.05) is 0 Å². The lowest BCUT2D eigenvalue weighted by molar-refractivity contribution is -0.119. The SMILES string of the molecule is CC(=O)NC1CCc2c(C)c(F)cc(N3CCCC3)c2C1=O. The third-order valence-electron chi connectivity index (χ3n) is 4.70. The van der Waals surface area contributed by atoms with Crippen LogP contribution in [0.2, 0.25) is 0 Å². The highest BCUT2D eigenvalue weighted by Crippen LogP contribution is 2.35. The highest BCUT2D eigenvalue weighted by Gasteiger charge is 2.34. The molecule has 3 rings (SSSR count). The Bertz CT molecular complexity index is 636. The van der Waals surface area contributed by atoms with Crippen molar-refractivity contribution in [1.82, 2.24) is 5.32 Å². The van der Waals surface area contributed by atoms with Crippen molar-refractivity contribution in [1.29, 1.82) is 0 Å². The van der Waals surface area contributed by atoms with Crippen LogP contribution in [0.3, 0.4) is 0 Å². The van der Waals surface area contributed by atoms with Gasteiger partial charge in [0, 0.05) is 25.6 Å². The van der Waals surface area contributed by atoms with Gasteiger partial charge < -0.3 is 10.2 Å². The third kappa shape index (κ3) is 2.49. The highest BCUT2D eigenvalue weighted by atomic mass is 19.1. The number of hydrogen-bond donors (Lipinski definition) is 1. The van der Waals surface area contributed by atoms with E-state index < -0.39 is 6.04 Å². The van der Waals surface area contributed by atoms with Crippen LogP contribution >= 0.6 is 0 Å². The number of amides is 1. The molecule has 0 saturated carbocycles. The Morgan fingerprint density at radius 1 is 1.36 bits per heavy atom. The fourth-order valence-electron chi connectivity index (χ4n) is 3.56. The molecular formula is C17H21FN2O2. The molecule has 0 radical (unpaired) electrons. The Kier molecular flexibility index (Phi) is 3.89. The number of nitrogens with one attached hydrogen (secondary N) is 1. The summed E-state index contributed by atoms with van der Waals surface area (Å²) in [5.41, 5.74) is 2.70. The Balaban J connectivity index is 2.08. The van der Waals surface area contributed by atoms with E-state index in [0.29, 0.717) is 29.7 Å². The van der Waals surface area contributed by atoms with Gasteiger partial charge in [-0.2, -0.15) is 0 Å². The van der Waals surface area contributed by atoms with Gasteiger partial charge in [0.1, 0.15) is 5.82 Å². The summed E-state index contributed by atoms with van der Waals surface area (Å²) in [4.78, 5) is 26.2. The van der Waals surface area contributed by atoms with Gasteiger partial charge in [0.05, 0.1) is 11.7 Å². The highest BCUT2D eigenvalue weighted by molar-refractivity contribution is 6.08. The van der Waals surface area contributed by atoms with Gasteiger partial charge in [-0.25, -0.2) is 4.39 Å². The second kappa shape index (κ2) is 5.71.